The van der Waals surface area contributed by atoms with Gasteiger partial charge in [-0.1, -0.05) is 88.1 Å². The molecule has 1 aromatic carbocycles. The number of hydrogen-bond acceptors (Lipinski definition) is 1. The van der Waals surface area contributed by atoms with Crippen molar-refractivity contribution in [1.29, 1.82) is 0 Å². The fourth-order valence-corrected chi connectivity index (χ4v) is 2.85. The summed E-state index contributed by atoms with van der Waals surface area (Å²) in [6.45, 7) is 0. The van der Waals surface area contributed by atoms with Gasteiger partial charge < -0.3 is 5.32 Å². The Kier molecular flexibility index (Phi) is 19.1. The van der Waals surface area contributed by atoms with E-state index in [4.69, 9.17) is 11.6 Å². The van der Waals surface area contributed by atoms with E-state index in [1.54, 1.807) is 0 Å². The minimum atomic E-state index is 0.836. The van der Waals surface area contributed by atoms with Gasteiger partial charge in [0.2, 0.25) is 0 Å². The van der Waals surface area contributed by atoms with E-state index in [-0.39, 0.29) is 0 Å². The summed E-state index contributed by atoms with van der Waals surface area (Å²) in [4.78, 5) is 0. The predicted molar refractivity (Wildman–Crippen MR) is 107 cm³/mol. The molecule has 0 unspecified atom stereocenters. The zero-order valence-electron chi connectivity index (χ0n) is 15.5. The third-order valence-corrected chi connectivity index (χ3v) is 4.21. The van der Waals surface area contributed by atoms with Gasteiger partial charge in [0.05, 0.1) is 0 Å². The fourth-order valence-electron chi connectivity index (χ4n) is 2.66. The molecule has 0 fully saturated rings. The van der Waals surface area contributed by atoms with Crippen molar-refractivity contribution in [3.63, 3.8) is 0 Å². The van der Waals surface area contributed by atoms with E-state index in [0.29, 0.717) is 0 Å². The van der Waals surface area contributed by atoms with Gasteiger partial charge in [0.15, 0.2) is 0 Å². The van der Waals surface area contributed by atoms with Crippen LogP contribution in [0.1, 0.15) is 76.2 Å². The van der Waals surface area contributed by atoms with Crippen molar-refractivity contribution in [3.05, 3.63) is 35.9 Å². The maximum absolute atomic E-state index is 5.66. The lowest BCUT2D eigenvalue weighted by atomic mass is 10.0. The highest BCUT2D eigenvalue weighted by molar-refractivity contribution is 6.17. The highest BCUT2D eigenvalue weighted by Crippen LogP contribution is 2.12. The zero-order valence-corrected chi connectivity index (χ0v) is 16.2. The summed E-state index contributed by atoms with van der Waals surface area (Å²) < 4.78 is 0. The molecule has 1 rings (SSSR count). The van der Waals surface area contributed by atoms with Crippen LogP contribution in [0.4, 0.5) is 0 Å². The number of benzene rings is 1. The summed E-state index contributed by atoms with van der Waals surface area (Å²) in [7, 11) is 3.75. The first kappa shape index (κ1) is 22.5. The Bertz CT molecular complexity index is 313. The summed E-state index contributed by atoms with van der Waals surface area (Å²) >= 11 is 5.66. The first-order valence-electron chi connectivity index (χ1n) is 9.53. The molecule has 0 atom stereocenters. The van der Waals surface area contributed by atoms with Crippen LogP contribution in [-0.2, 0) is 6.42 Å². The predicted octanol–water partition coefficient (Wildman–Crippen LogP) is 6.59. The summed E-state index contributed by atoms with van der Waals surface area (Å²) in [5, 5.41) is 2.75. The first-order valence-corrected chi connectivity index (χ1v) is 10.1. The molecule has 0 saturated carbocycles. The highest BCUT2D eigenvalue weighted by atomic mass is 35.5. The van der Waals surface area contributed by atoms with Crippen molar-refractivity contribution in [2.75, 3.05) is 20.0 Å². The van der Waals surface area contributed by atoms with E-state index in [0.717, 1.165) is 5.88 Å². The average molecular weight is 340 g/mol. The molecule has 0 radical (unpaired) electrons. The molecule has 0 spiro atoms. The number of aryl methyl sites for hydroxylation is 1. The second kappa shape index (κ2) is 19.5. The molecule has 0 aliphatic carbocycles. The second-order valence-corrected chi connectivity index (χ2v) is 6.69. The van der Waals surface area contributed by atoms with Gasteiger partial charge in [0.1, 0.15) is 0 Å². The molecule has 0 amide bonds. The summed E-state index contributed by atoms with van der Waals surface area (Å²) in [5.74, 6) is 0.836. The molecule has 2 heteroatoms. The van der Waals surface area contributed by atoms with E-state index in [1.165, 1.54) is 82.6 Å². The van der Waals surface area contributed by atoms with E-state index in [1.807, 2.05) is 14.1 Å². The van der Waals surface area contributed by atoms with Crippen molar-refractivity contribution in [1.82, 2.24) is 5.32 Å². The van der Waals surface area contributed by atoms with Crippen LogP contribution in [0.15, 0.2) is 30.3 Å². The smallest absolute Gasteiger partial charge is 0.0223 e. The Morgan fingerprint density at radius 1 is 0.652 bits per heavy atom. The number of hydrogen-bond donors (Lipinski definition) is 1. The lowest BCUT2D eigenvalue weighted by molar-refractivity contribution is 0.550. The molecule has 23 heavy (non-hydrogen) atoms. The molecule has 1 nitrogen and oxygen atoms in total. The number of alkyl halides is 1. The monoisotopic (exact) mass is 339 g/mol. The van der Waals surface area contributed by atoms with Crippen LogP contribution in [-0.4, -0.2) is 20.0 Å². The van der Waals surface area contributed by atoms with Gasteiger partial charge in [-0.2, -0.15) is 0 Å². The largest absolute Gasteiger partial charge is 0.323 e. The molecule has 1 aromatic rings. The van der Waals surface area contributed by atoms with Crippen LogP contribution in [0, 0.1) is 0 Å². The fraction of sp³-hybridized carbons (Fsp3) is 0.714. The molecule has 0 heterocycles. The van der Waals surface area contributed by atoms with Gasteiger partial charge in [-0.15, -0.1) is 11.6 Å². The van der Waals surface area contributed by atoms with Gasteiger partial charge >= 0.3 is 0 Å². The second-order valence-electron chi connectivity index (χ2n) is 6.31. The average Bonchev–Trinajstić information content (AvgIpc) is 2.57. The summed E-state index contributed by atoms with van der Waals surface area (Å²) in [5.41, 5.74) is 1.49. The molecule has 0 aliphatic rings. The topological polar surface area (TPSA) is 12.0 Å². The van der Waals surface area contributed by atoms with Gasteiger partial charge in [-0.25, -0.2) is 0 Å². The zero-order chi connectivity index (χ0) is 17.0. The van der Waals surface area contributed by atoms with Gasteiger partial charge in [0, 0.05) is 5.88 Å². The number of rotatable bonds is 13. The third kappa shape index (κ3) is 17.7. The standard InChI is InChI=1S/C19H31Cl.C2H7N/c20-18-14-9-7-5-3-1-2-4-6-8-11-15-19-16-12-10-13-17-19;1-3-2/h10,12-13,16-17H,1-9,11,14-15,18H2;3H,1-2H3. The molecule has 0 saturated heterocycles. The Morgan fingerprint density at radius 3 is 1.48 bits per heavy atom. The number of halogens is 1. The molecular formula is C21H38ClN. The molecule has 0 aliphatic heterocycles. The van der Waals surface area contributed by atoms with E-state index in [2.05, 4.69) is 35.6 Å². The Labute approximate surface area is 150 Å². The van der Waals surface area contributed by atoms with Crippen molar-refractivity contribution in [2.45, 2.75) is 77.0 Å². The van der Waals surface area contributed by atoms with Crippen LogP contribution >= 0.6 is 11.6 Å². The lowest BCUT2D eigenvalue weighted by Gasteiger charge is -2.03. The first-order chi connectivity index (χ1) is 11.3. The SMILES string of the molecule is CNC.ClCCCCCCCCCCCCCc1ccccc1. The molecule has 0 aromatic heterocycles. The lowest BCUT2D eigenvalue weighted by Crippen LogP contribution is -1.89. The van der Waals surface area contributed by atoms with Crippen molar-refractivity contribution >= 4 is 11.6 Å². The maximum Gasteiger partial charge on any atom is 0.0223 e. The van der Waals surface area contributed by atoms with Gasteiger partial charge in [-0.3, -0.25) is 0 Å². The highest BCUT2D eigenvalue weighted by Gasteiger charge is 1.94. The molecule has 134 valence electrons. The third-order valence-electron chi connectivity index (χ3n) is 3.94. The van der Waals surface area contributed by atoms with Gasteiger partial charge in [0.25, 0.3) is 0 Å². The minimum absolute atomic E-state index is 0.836. The van der Waals surface area contributed by atoms with E-state index >= 15 is 0 Å². The van der Waals surface area contributed by atoms with Crippen LogP contribution in [0.2, 0.25) is 0 Å². The summed E-state index contributed by atoms with van der Waals surface area (Å²) in [6, 6.07) is 10.9. The number of nitrogens with one attached hydrogen (secondary N) is 1. The van der Waals surface area contributed by atoms with Crippen molar-refractivity contribution in [2.24, 2.45) is 0 Å². The van der Waals surface area contributed by atoms with Gasteiger partial charge in [-0.05, 0) is 38.9 Å². The Balaban J connectivity index is 0.00000149. The Hall–Kier alpha value is -0.530. The maximum atomic E-state index is 5.66. The molecular weight excluding hydrogens is 302 g/mol. The normalized spacial score (nSPS) is 10.2. The number of unbranched alkanes of at least 4 members (excludes halogenated alkanes) is 10. The van der Waals surface area contributed by atoms with Crippen molar-refractivity contribution in [3.8, 4) is 0 Å². The Morgan fingerprint density at radius 2 is 1.04 bits per heavy atom. The minimum Gasteiger partial charge on any atom is -0.323 e. The van der Waals surface area contributed by atoms with E-state index in [9.17, 15) is 0 Å². The van der Waals surface area contributed by atoms with Crippen LogP contribution in [0.3, 0.4) is 0 Å². The summed E-state index contributed by atoms with van der Waals surface area (Å²) in [6.07, 6.45) is 16.4. The molecule has 1 N–H and O–H groups in total. The van der Waals surface area contributed by atoms with E-state index < -0.39 is 0 Å². The van der Waals surface area contributed by atoms with Crippen LogP contribution in [0.5, 0.6) is 0 Å². The van der Waals surface area contributed by atoms with Crippen LogP contribution < -0.4 is 5.32 Å². The molecule has 0 bridgehead atoms. The van der Waals surface area contributed by atoms with Crippen LogP contribution in [0.25, 0.3) is 0 Å². The van der Waals surface area contributed by atoms with Crippen molar-refractivity contribution < 1.29 is 0 Å². The quantitative estimate of drug-likeness (QED) is 0.315.